The van der Waals surface area contributed by atoms with E-state index in [0.717, 1.165) is 11.4 Å². The van der Waals surface area contributed by atoms with Gasteiger partial charge >= 0.3 is 0 Å². The number of rotatable bonds is 4. The number of anilines is 2. The molecule has 0 saturated heterocycles. The van der Waals surface area contributed by atoms with E-state index in [0.29, 0.717) is 21.4 Å². The Morgan fingerprint density at radius 2 is 1.68 bits per heavy atom. The first-order valence-electron chi connectivity index (χ1n) is 6.52. The van der Waals surface area contributed by atoms with E-state index in [1.54, 1.807) is 43.5 Å². The minimum atomic E-state index is 0.0279. The summed E-state index contributed by atoms with van der Waals surface area (Å²) in [7, 11) is 1.56. The third-order valence-electron chi connectivity index (χ3n) is 2.96. The molecule has 22 heavy (non-hydrogen) atoms. The largest absolute Gasteiger partial charge is 0.495 e. The molecule has 2 aromatic rings. The molecule has 6 heteroatoms. The zero-order valence-electron chi connectivity index (χ0n) is 12.1. The van der Waals surface area contributed by atoms with E-state index in [-0.39, 0.29) is 5.78 Å². The van der Waals surface area contributed by atoms with Gasteiger partial charge in [-0.05, 0) is 61.6 Å². The molecule has 0 aliphatic carbocycles. The maximum absolute atomic E-state index is 11.2. The van der Waals surface area contributed by atoms with Crippen LogP contribution in [-0.2, 0) is 0 Å². The Balaban J connectivity index is 2.00. The maximum atomic E-state index is 11.2. The molecule has 4 nitrogen and oxygen atoms in total. The summed E-state index contributed by atoms with van der Waals surface area (Å²) in [4.78, 5) is 11.2. The third kappa shape index (κ3) is 4.19. The summed E-state index contributed by atoms with van der Waals surface area (Å²) >= 11 is 11.3. The van der Waals surface area contributed by atoms with Crippen LogP contribution in [0.4, 0.5) is 11.4 Å². The number of Topliss-reactive ketones (excluding diaryl/α,β-unsaturated/α-hetero) is 1. The number of carbonyl (C=O) groups excluding carboxylic acids is 1. The quantitative estimate of drug-likeness (QED) is 0.642. The molecule has 0 spiro atoms. The minimum Gasteiger partial charge on any atom is -0.495 e. The Hall–Kier alpha value is -2.11. The highest BCUT2D eigenvalue weighted by molar-refractivity contribution is 7.80. The molecule has 0 aromatic heterocycles. The van der Waals surface area contributed by atoms with Crippen molar-refractivity contribution >= 4 is 46.1 Å². The Bertz CT molecular complexity index is 702. The van der Waals surface area contributed by atoms with E-state index in [1.165, 1.54) is 6.92 Å². The van der Waals surface area contributed by atoms with Crippen LogP contribution in [0.15, 0.2) is 42.5 Å². The first-order chi connectivity index (χ1) is 10.5. The molecule has 0 amide bonds. The molecule has 0 saturated carbocycles. The van der Waals surface area contributed by atoms with Crippen LogP contribution in [0.2, 0.25) is 5.02 Å². The fourth-order valence-corrected chi connectivity index (χ4v) is 2.32. The predicted octanol–water partition coefficient (Wildman–Crippen LogP) is 4.36. The van der Waals surface area contributed by atoms with Gasteiger partial charge in [0.1, 0.15) is 5.75 Å². The number of carbonyl (C=O) groups is 1. The van der Waals surface area contributed by atoms with Crippen molar-refractivity contribution in [2.75, 3.05) is 17.7 Å². The zero-order valence-corrected chi connectivity index (χ0v) is 13.7. The molecule has 0 radical (unpaired) electrons. The average Bonchev–Trinajstić information content (AvgIpc) is 2.48. The maximum Gasteiger partial charge on any atom is 0.175 e. The van der Waals surface area contributed by atoms with Crippen molar-refractivity contribution in [2.45, 2.75) is 6.92 Å². The monoisotopic (exact) mass is 334 g/mol. The van der Waals surface area contributed by atoms with Crippen molar-refractivity contribution in [3.8, 4) is 5.75 Å². The van der Waals surface area contributed by atoms with Gasteiger partial charge in [0.05, 0.1) is 12.1 Å². The number of methoxy groups -OCH3 is 1. The van der Waals surface area contributed by atoms with Crippen molar-refractivity contribution in [3.05, 3.63) is 53.1 Å². The van der Waals surface area contributed by atoms with E-state index in [4.69, 9.17) is 28.6 Å². The summed E-state index contributed by atoms with van der Waals surface area (Å²) in [5.41, 5.74) is 2.21. The van der Waals surface area contributed by atoms with Crippen molar-refractivity contribution < 1.29 is 9.53 Å². The summed E-state index contributed by atoms with van der Waals surface area (Å²) in [5, 5.41) is 7.00. The van der Waals surface area contributed by atoms with Gasteiger partial charge in [-0.2, -0.15) is 0 Å². The van der Waals surface area contributed by atoms with Crippen LogP contribution in [0.3, 0.4) is 0 Å². The first kappa shape index (κ1) is 16.3. The minimum absolute atomic E-state index is 0.0279. The number of halogens is 1. The lowest BCUT2D eigenvalue weighted by molar-refractivity contribution is 0.101. The Kier molecular flexibility index (Phi) is 5.35. The Morgan fingerprint density at radius 3 is 2.23 bits per heavy atom. The molecule has 0 heterocycles. The SMILES string of the molecule is COc1ccc(NC(=S)Nc2ccc(C(C)=O)cc2)cc1Cl. The van der Waals surface area contributed by atoms with Crippen molar-refractivity contribution in [3.63, 3.8) is 0 Å². The summed E-state index contributed by atoms with van der Waals surface area (Å²) in [6, 6.07) is 12.4. The summed E-state index contributed by atoms with van der Waals surface area (Å²) < 4.78 is 5.10. The predicted molar refractivity (Wildman–Crippen MR) is 94.3 cm³/mol. The van der Waals surface area contributed by atoms with Crippen LogP contribution in [0.25, 0.3) is 0 Å². The van der Waals surface area contributed by atoms with Gasteiger partial charge in [-0.3, -0.25) is 4.79 Å². The van der Waals surface area contributed by atoms with Crippen LogP contribution in [0.5, 0.6) is 5.75 Å². The van der Waals surface area contributed by atoms with Gasteiger partial charge in [-0.15, -0.1) is 0 Å². The van der Waals surface area contributed by atoms with Crippen molar-refractivity contribution in [1.82, 2.24) is 0 Å². The molecule has 114 valence electrons. The lowest BCUT2D eigenvalue weighted by Gasteiger charge is -2.12. The molecule has 0 unspecified atom stereocenters. The molecular formula is C16H15ClN2O2S. The smallest absolute Gasteiger partial charge is 0.175 e. The third-order valence-corrected chi connectivity index (χ3v) is 3.46. The molecule has 2 rings (SSSR count). The summed E-state index contributed by atoms with van der Waals surface area (Å²) in [6.45, 7) is 1.53. The van der Waals surface area contributed by atoms with Crippen LogP contribution in [0, 0.1) is 0 Å². The lowest BCUT2D eigenvalue weighted by Crippen LogP contribution is -2.19. The average molecular weight is 335 g/mol. The number of hydrogen-bond acceptors (Lipinski definition) is 3. The zero-order chi connectivity index (χ0) is 16.1. The molecule has 0 aliphatic rings. The van der Waals surface area contributed by atoms with Gasteiger partial charge in [0.15, 0.2) is 10.9 Å². The molecular weight excluding hydrogens is 320 g/mol. The lowest BCUT2D eigenvalue weighted by atomic mass is 10.1. The van der Waals surface area contributed by atoms with E-state index < -0.39 is 0 Å². The fourth-order valence-electron chi connectivity index (χ4n) is 1.83. The van der Waals surface area contributed by atoms with Gasteiger partial charge < -0.3 is 15.4 Å². The molecule has 2 N–H and O–H groups in total. The van der Waals surface area contributed by atoms with E-state index in [1.807, 2.05) is 6.07 Å². The van der Waals surface area contributed by atoms with Crippen LogP contribution in [-0.4, -0.2) is 18.0 Å². The second kappa shape index (κ2) is 7.24. The van der Waals surface area contributed by atoms with E-state index in [9.17, 15) is 4.79 Å². The van der Waals surface area contributed by atoms with E-state index >= 15 is 0 Å². The standard InChI is InChI=1S/C16H15ClN2O2S/c1-10(20)11-3-5-12(6-4-11)18-16(22)19-13-7-8-15(21-2)14(17)9-13/h3-9H,1-2H3,(H2,18,19,22). The van der Waals surface area contributed by atoms with Crippen molar-refractivity contribution in [1.29, 1.82) is 0 Å². The van der Waals surface area contributed by atoms with Crippen LogP contribution >= 0.6 is 23.8 Å². The van der Waals surface area contributed by atoms with Gasteiger partial charge in [0.2, 0.25) is 0 Å². The van der Waals surface area contributed by atoms with Crippen LogP contribution < -0.4 is 15.4 Å². The Labute approximate surface area is 139 Å². The van der Waals surface area contributed by atoms with Crippen molar-refractivity contribution in [2.24, 2.45) is 0 Å². The second-order valence-corrected chi connectivity index (χ2v) is 5.38. The van der Waals surface area contributed by atoms with Gasteiger partial charge in [0.25, 0.3) is 0 Å². The van der Waals surface area contributed by atoms with Gasteiger partial charge in [-0.25, -0.2) is 0 Å². The molecule has 2 aromatic carbocycles. The molecule has 0 bridgehead atoms. The van der Waals surface area contributed by atoms with Gasteiger partial charge in [-0.1, -0.05) is 11.6 Å². The number of ketones is 1. The first-order valence-corrected chi connectivity index (χ1v) is 7.31. The van der Waals surface area contributed by atoms with Gasteiger partial charge in [0, 0.05) is 16.9 Å². The molecule has 0 fully saturated rings. The fraction of sp³-hybridized carbons (Fsp3) is 0.125. The van der Waals surface area contributed by atoms with E-state index in [2.05, 4.69) is 10.6 Å². The number of benzene rings is 2. The normalized spacial score (nSPS) is 9.95. The molecule has 0 aliphatic heterocycles. The number of nitrogens with one attached hydrogen (secondary N) is 2. The van der Waals surface area contributed by atoms with Crippen LogP contribution in [0.1, 0.15) is 17.3 Å². The Morgan fingerprint density at radius 1 is 1.09 bits per heavy atom. The number of thiocarbonyl (C=S) groups is 1. The number of hydrogen-bond donors (Lipinski definition) is 2. The highest BCUT2D eigenvalue weighted by Crippen LogP contribution is 2.27. The highest BCUT2D eigenvalue weighted by Gasteiger charge is 2.04. The number of ether oxygens (including phenoxy) is 1. The summed E-state index contributed by atoms with van der Waals surface area (Å²) in [5.74, 6) is 0.631. The topological polar surface area (TPSA) is 50.4 Å². The summed E-state index contributed by atoms with van der Waals surface area (Å²) in [6.07, 6.45) is 0. The second-order valence-electron chi connectivity index (χ2n) is 4.56. The highest BCUT2D eigenvalue weighted by atomic mass is 35.5. The molecule has 0 atom stereocenters.